The lowest BCUT2D eigenvalue weighted by Gasteiger charge is -2.26. The summed E-state index contributed by atoms with van der Waals surface area (Å²) in [6.07, 6.45) is 0. The molecule has 0 unspecified atom stereocenters. The van der Waals surface area contributed by atoms with E-state index in [1.165, 1.54) is 77.4 Å². The Balaban J connectivity index is 0.892. The van der Waals surface area contributed by atoms with E-state index in [1.54, 1.807) is 0 Å². The molecule has 10 aromatic rings. The van der Waals surface area contributed by atoms with Crippen LogP contribution >= 0.6 is 0 Å². The van der Waals surface area contributed by atoms with Gasteiger partial charge in [0.15, 0.2) is 0 Å². The Hall–Kier alpha value is -7.42. The molecule has 2 nitrogen and oxygen atoms in total. The van der Waals surface area contributed by atoms with Crippen LogP contribution in [0.1, 0.15) is 25.0 Å². The lowest BCUT2D eigenvalue weighted by molar-refractivity contribution is 0.619. The lowest BCUT2D eigenvalue weighted by Crippen LogP contribution is -2.15. The van der Waals surface area contributed by atoms with Gasteiger partial charge in [-0.15, -0.1) is 0 Å². The average Bonchev–Trinajstić information content (AvgIpc) is 3.80. The van der Waals surface area contributed by atoms with Crippen LogP contribution in [0.2, 0.25) is 0 Å². The highest BCUT2D eigenvalue weighted by Gasteiger charge is 2.40. The molecule has 1 aliphatic rings. The topological polar surface area (TPSA) is 16.4 Å². The number of furan rings is 1. The highest BCUT2D eigenvalue weighted by Crippen LogP contribution is 2.53. The summed E-state index contributed by atoms with van der Waals surface area (Å²) >= 11 is 0. The van der Waals surface area contributed by atoms with Crippen molar-refractivity contribution in [2.24, 2.45) is 0 Å². The van der Waals surface area contributed by atoms with E-state index < -0.39 is 0 Å². The van der Waals surface area contributed by atoms with Crippen molar-refractivity contribution in [3.63, 3.8) is 0 Å². The highest BCUT2D eigenvalue weighted by molar-refractivity contribution is 5.95. The van der Waals surface area contributed by atoms with Crippen LogP contribution in [0.3, 0.4) is 0 Å². The molecule has 0 radical (unpaired) electrons. The summed E-state index contributed by atoms with van der Waals surface area (Å²) in [4.78, 5) is 2.34. The van der Waals surface area contributed by atoms with E-state index in [2.05, 4.69) is 225 Å². The third-order valence-corrected chi connectivity index (χ3v) is 12.3. The van der Waals surface area contributed by atoms with Gasteiger partial charge in [0.2, 0.25) is 0 Å². The molecular formula is C57H41NO. The fourth-order valence-corrected chi connectivity index (χ4v) is 9.14. The summed E-state index contributed by atoms with van der Waals surface area (Å²) in [6, 6.07) is 76.8. The molecular weight excluding hydrogens is 715 g/mol. The molecule has 0 saturated carbocycles. The first-order chi connectivity index (χ1) is 29.0. The van der Waals surface area contributed by atoms with E-state index in [-0.39, 0.29) is 5.41 Å². The van der Waals surface area contributed by atoms with Gasteiger partial charge in [-0.3, -0.25) is 0 Å². The van der Waals surface area contributed by atoms with E-state index in [0.29, 0.717) is 0 Å². The molecule has 9 aromatic carbocycles. The third kappa shape index (κ3) is 6.04. The average molecular weight is 756 g/mol. The van der Waals surface area contributed by atoms with Crippen molar-refractivity contribution in [1.82, 2.24) is 0 Å². The molecule has 0 amide bonds. The zero-order valence-corrected chi connectivity index (χ0v) is 33.1. The van der Waals surface area contributed by atoms with Crippen LogP contribution < -0.4 is 4.90 Å². The van der Waals surface area contributed by atoms with Crippen molar-refractivity contribution in [2.45, 2.75) is 19.3 Å². The molecule has 0 atom stereocenters. The van der Waals surface area contributed by atoms with Crippen molar-refractivity contribution in [2.75, 3.05) is 4.90 Å². The Morgan fingerprint density at radius 1 is 0.373 bits per heavy atom. The minimum atomic E-state index is -0.147. The number of nitrogens with zero attached hydrogens (tertiary/aromatic N) is 1. The maximum Gasteiger partial charge on any atom is 0.139 e. The predicted octanol–water partition coefficient (Wildman–Crippen LogP) is 16.0. The molecule has 1 aromatic heterocycles. The maximum absolute atomic E-state index is 6.41. The van der Waals surface area contributed by atoms with E-state index >= 15 is 0 Å². The molecule has 280 valence electrons. The number of para-hydroxylation sites is 1. The largest absolute Gasteiger partial charge is 0.456 e. The summed E-state index contributed by atoms with van der Waals surface area (Å²) in [5.41, 5.74) is 17.5. The standard InChI is InChI=1S/C57H41NO/c1-57(2)53-37-47(28-35-51(53)56-55(57)52-14-8-9-15-54(52)59-56)43-18-16-40(17-19-43)42-24-31-49(32-25-42)58(48-29-22-41(23-30-48)38-10-4-3-5-11-38)50-33-26-44(27-34-50)46-21-20-39-12-6-7-13-45(39)36-46/h3-37H,1-2H3. The number of fused-ring (bicyclic) bond motifs is 6. The molecule has 1 aliphatic carbocycles. The number of anilines is 3. The third-order valence-electron chi connectivity index (χ3n) is 12.3. The predicted molar refractivity (Wildman–Crippen MR) is 248 cm³/mol. The van der Waals surface area contributed by atoms with E-state index in [9.17, 15) is 0 Å². The van der Waals surface area contributed by atoms with Crippen LogP contribution in [0.15, 0.2) is 217 Å². The van der Waals surface area contributed by atoms with Crippen LogP contribution in [-0.4, -0.2) is 0 Å². The Labute approximate surface area is 345 Å². The summed E-state index contributed by atoms with van der Waals surface area (Å²) in [7, 11) is 0. The second-order valence-corrected chi connectivity index (χ2v) is 16.2. The second kappa shape index (κ2) is 13.9. The number of hydrogen-bond acceptors (Lipinski definition) is 2. The zero-order valence-electron chi connectivity index (χ0n) is 33.1. The summed E-state index contributed by atoms with van der Waals surface area (Å²) in [5.74, 6) is 1.01. The molecule has 0 bridgehead atoms. The molecule has 59 heavy (non-hydrogen) atoms. The van der Waals surface area contributed by atoms with Crippen LogP contribution in [0.4, 0.5) is 17.1 Å². The van der Waals surface area contributed by atoms with Crippen LogP contribution in [0.5, 0.6) is 0 Å². The fraction of sp³-hybridized carbons (Fsp3) is 0.0526. The van der Waals surface area contributed by atoms with E-state index in [1.807, 2.05) is 6.07 Å². The van der Waals surface area contributed by atoms with Gasteiger partial charge in [0.25, 0.3) is 0 Å². The van der Waals surface area contributed by atoms with Crippen molar-refractivity contribution in [3.8, 4) is 55.8 Å². The fourth-order valence-electron chi connectivity index (χ4n) is 9.14. The number of hydrogen-bond donors (Lipinski definition) is 0. The SMILES string of the molecule is CC1(C)c2cc(-c3ccc(-c4ccc(N(c5ccc(-c6ccccc6)cc5)c5ccc(-c6ccc7ccccc7c6)cc5)cc4)cc3)ccc2-c2oc3ccccc3c21. The molecule has 11 rings (SSSR count). The van der Waals surface area contributed by atoms with Gasteiger partial charge in [0, 0.05) is 39.0 Å². The van der Waals surface area contributed by atoms with Crippen LogP contribution in [-0.2, 0) is 5.41 Å². The maximum atomic E-state index is 6.41. The van der Waals surface area contributed by atoms with Gasteiger partial charge in [-0.2, -0.15) is 0 Å². The smallest absolute Gasteiger partial charge is 0.139 e. The van der Waals surface area contributed by atoms with Gasteiger partial charge in [-0.05, 0) is 115 Å². The summed E-state index contributed by atoms with van der Waals surface area (Å²) in [5, 5.41) is 3.71. The van der Waals surface area contributed by atoms with E-state index in [0.717, 1.165) is 28.4 Å². The first kappa shape index (κ1) is 34.8. The monoisotopic (exact) mass is 755 g/mol. The molecule has 2 heteroatoms. The van der Waals surface area contributed by atoms with Gasteiger partial charge in [-0.25, -0.2) is 0 Å². The minimum Gasteiger partial charge on any atom is -0.456 e. The van der Waals surface area contributed by atoms with Gasteiger partial charge in [-0.1, -0.05) is 172 Å². The van der Waals surface area contributed by atoms with E-state index in [4.69, 9.17) is 4.42 Å². The van der Waals surface area contributed by atoms with Gasteiger partial charge < -0.3 is 9.32 Å². The van der Waals surface area contributed by atoms with Gasteiger partial charge in [0.1, 0.15) is 11.3 Å². The Morgan fingerprint density at radius 2 is 0.814 bits per heavy atom. The molecule has 0 fully saturated rings. The molecule has 0 saturated heterocycles. The quantitative estimate of drug-likeness (QED) is 0.161. The molecule has 0 N–H and O–H groups in total. The normalized spacial score (nSPS) is 12.7. The first-order valence-electron chi connectivity index (χ1n) is 20.4. The summed E-state index contributed by atoms with van der Waals surface area (Å²) in [6.45, 7) is 4.64. The highest BCUT2D eigenvalue weighted by atomic mass is 16.3. The van der Waals surface area contributed by atoms with Gasteiger partial charge >= 0.3 is 0 Å². The lowest BCUT2D eigenvalue weighted by atomic mass is 9.80. The zero-order chi connectivity index (χ0) is 39.5. The van der Waals surface area contributed by atoms with Crippen molar-refractivity contribution >= 4 is 38.8 Å². The van der Waals surface area contributed by atoms with Crippen LogP contribution in [0.25, 0.3) is 77.6 Å². The first-order valence-corrected chi connectivity index (χ1v) is 20.4. The second-order valence-electron chi connectivity index (χ2n) is 16.2. The van der Waals surface area contributed by atoms with Gasteiger partial charge in [0.05, 0.1) is 0 Å². The van der Waals surface area contributed by atoms with Crippen molar-refractivity contribution in [3.05, 3.63) is 223 Å². The summed E-state index contributed by atoms with van der Waals surface area (Å²) < 4.78 is 6.41. The number of rotatable bonds is 7. The number of benzene rings is 9. The van der Waals surface area contributed by atoms with Crippen LogP contribution in [0, 0.1) is 0 Å². The molecule has 0 aliphatic heterocycles. The van der Waals surface area contributed by atoms with Crippen molar-refractivity contribution in [1.29, 1.82) is 0 Å². The van der Waals surface area contributed by atoms with Crippen molar-refractivity contribution < 1.29 is 4.42 Å². The molecule has 0 spiro atoms. The molecule has 1 heterocycles. The Kier molecular flexibility index (Phi) is 8.20. The minimum absolute atomic E-state index is 0.147. The Bertz CT molecular complexity index is 3140. The Morgan fingerprint density at radius 3 is 1.42 bits per heavy atom.